The van der Waals surface area contributed by atoms with Crippen molar-refractivity contribution in [3.05, 3.63) is 39.9 Å². The van der Waals surface area contributed by atoms with Gasteiger partial charge in [0.1, 0.15) is 0 Å². The molecule has 0 bridgehead atoms. The van der Waals surface area contributed by atoms with Crippen LogP contribution in [0.25, 0.3) is 0 Å². The Morgan fingerprint density at radius 2 is 2.31 bits per heavy atom. The molecule has 0 radical (unpaired) electrons. The van der Waals surface area contributed by atoms with Crippen molar-refractivity contribution in [2.24, 2.45) is 0 Å². The van der Waals surface area contributed by atoms with Gasteiger partial charge < -0.3 is 5.11 Å². The second-order valence-corrected chi connectivity index (χ2v) is 5.83. The predicted octanol–water partition coefficient (Wildman–Crippen LogP) is 3.75. The van der Waals surface area contributed by atoms with Gasteiger partial charge in [0.2, 0.25) is 0 Å². The molecule has 2 aromatic rings. The SMILES string of the molecule is Cc1csc(Sc2ccc(CO)cc2Cl)n1. The number of aryl methyl sites for hydroxylation is 1. The number of aromatic nitrogens is 1. The molecule has 2 nitrogen and oxygen atoms in total. The summed E-state index contributed by atoms with van der Waals surface area (Å²) in [5.74, 6) is 0. The highest BCUT2D eigenvalue weighted by Crippen LogP contribution is 2.35. The van der Waals surface area contributed by atoms with Crippen molar-refractivity contribution >= 4 is 34.7 Å². The van der Waals surface area contributed by atoms with Crippen LogP contribution in [0, 0.1) is 6.92 Å². The number of rotatable bonds is 3. The average Bonchev–Trinajstić information content (AvgIpc) is 2.67. The van der Waals surface area contributed by atoms with Gasteiger partial charge in [-0.2, -0.15) is 0 Å². The Labute approximate surface area is 107 Å². The molecule has 1 aromatic carbocycles. The molecule has 0 saturated heterocycles. The van der Waals surface area contributed by atoms with Crippen LogP contribution in [0.1, 0.15) is 11.3 Å². The first-order valence-electron chi connectivity index (χ1n) is 4.68. The second-order valence-electron chi connectivity index (χ2n) is 3.28. The molecule has 0 amide bonds. The van der Waals surface area contributed by atoms with Gasteiger partial charge in [-0.15, -0.1) is 11.3 Å². The van der Waals surface area contributed by atoms with Crippen molar-refractivity contribution in [1.29, 1.82) is 0 Å². The number of hydrogen-bond donors (Lipinski definition) is 1. The molecule has 0 aliphatic carbocycles. The summed E-state index contributed by atoms with van der Waals surface area (Å²) in [7, 11) is 0. The molecule has 0 atom stereocenters. The van der Waals surface area contributed by atoms with Gasteiger partial charge in [0.15, 0.2) is 4.34 Å². The van der Waals surface area contributed by atoms with E-state index >= 15 is 0 Å². The number of halogens is 1. The van der Waals surface area contributed by atoms with Crippen molar-refractivity contribution in [2.75, 3.05) is 0 Å². The summed E-state index contributed by atoms with van der Waals surface area (Å²) in [5.41, 5.74) is 1.85. The van der Waals surface area contributed by atoms with Crippen LogP contribution in [0.2, 0.25) is 5.02 Å². The van der Waals surface area contributed by atoms with Crippen LogP contribution in [0.5, 0.6) is 0 Å². The van der Waals surface area contributed by atoms with Crippen LogP contribution in [0.15, 0.2) is 32.8 Å². The van der Waals surface area contributed by atoms with Crippen LogP contribution in [-0.2, 0) is 6.61 Å². The van der Waals surface area contributed by atoms with E-state index in [1.807, 2.05) is 24.4 Å². The van der Waals surface area contributed by atoms with Gasteiger partial charge in [-0.1, -0.05) is 29.4 Å². The molecule has 84 valence electrons. The summed E-state index contributed by atoms with van der Waals surface area (Å²) in [6.45, 7) is 1.98. The number of thiazole rings is 1. The Kier molecular flexibility index (Phi) is 3.86. The van der Waals surface area contributed by atoms with Crippen molar-refractivity contribution < 1.29 is 5.11 Å². The van der Waals surface area contributed by atoms with E-state index < -0.39 is 0 Å². The zero-order chi connectivity index (χ0) is 11.5. The minimum atomic E-state index is 0.0149. The summed E-state index contributed by atoms with van der Waals surface area (Å²) in [5, 5.41) is 11.6. The van der Waals surface area contributed by atoms with E-state index in [0.29, 0.717) is 5.02 Å². The van der Waals surface area contributed by atoms with E-state index in [1.54, 1.807) is 29.2 Å². The van der Waals surface area contributed by atoms with Crippen molar-refractivity contribution in [2.45, 2.75) is 22.8 Å². The minimum absolute atomic E-state index is 0.0149. The third-order valence-electron chi connectivity index (χ3n) is 1.97. The number of aliphatic hydroxyl groups excluding tert-OH is 1. The van der Waals surface area contributed by atoms with Crippen molar-refractivity contribution in [3.8, 4) is 0 Å². The van der Waals surface area contributed by atoms with Gasteiger partial charge in [-0.3, -0.25) is 0 Å². The van der Waals surface area contributed by atoms with E-state index in [4.69, 9.17) is 16.7 Å². The Hall–Kier alpha value is -0.550. The van der Waals surface area contributed by atoms with E-state index in [2.05, 4.69) is 4.98 Å². The summed E-state index contributed by atoms with van der Waals surface area (Å²) in [6.07, 6.45) is 0. The van der Waals surface area contributed by atoms with Crippen LogP contribution < -0.4 is 0 Å². The van der Waals surface area contributed by atoms with Crippen molar-refractivity contribution in [1.82, 2.24) is 4.98 Å². The molecule has 2 rings (SSSR count). The van der Waals surface area contributed by atoms with Crippen LogP contribution in [-0.4, -0.2) is 10.1 Å². The minimum Gasteiger partial charge on any atom is -0.392 e. The third kappa shape index (κ3) is 2.77. The van der Waals surface area contributed by atoms with E-state index in [9.17, 15) is 0 Å². The zero-order valence-corrected chi connectivity index (χ0v) is 11.0. The molecule has 0 unspecified atom stereocenters. The molecule has 0 aliphatic rings. The molecule has 1 heterocycles. The maximum absolute atomic E-state index is 8.97. The fourth-order valence-corrected chi connectivity index (χ4v) is 3.31. The first-order valence-corrected chi connectivity index (χ1v) is 6.75. The smallest absolute Gasteiger partial charge is 0.154 e. The first-order chi connectivity index (χ1) is 7.69. The maximum atomic E-state index is 8.97. The zero-order valence-electron chi connectivity index (χ0n) is 8.61. The number of aliphatic hydroxyl groups is 1. The molecule has 1 N–H and O–H groups in total. The standard InChI is InChI=1S/C11H10ClNOS2/c1-7-6-15-11(13-7)16-10-3-2-8(5-14)4-9(10)12/h2-4,6,14H,5H2,1H3. The molecule has 0 saturated carbocycles. The topological polar surface area (TPSA) is 33.1 Å². The van der Waals surface area contributed by atoms with E-state index in [0.717, 1.165) is 20.5 Å². The lowest BCUT2D eigenvalue weighted by Crippen LogP contribution is -1.83. The van der Waals surface area contributed by atoms with Gasteiger partial charge >= 0.3 is 0 Å². The Bertz CT molecular complexity index is 498. The van der Waals surface area contributed by atoms with E-state index in [1.165, 1.54) is 0 Å². The first kappa shape index (κ1) is 11.9. The fraction of sp³-hybridized carbons (Fsp3) is 0.182. The Balaban J connectivity index is 2.21. The number of nitrogens with zero attached hydrogens (tertiary/aromatic N) is 1. The molecular formula is C11H10ClNOS2. The molecule has 1 aromatic heterocycles. The highest BCUT2D eigenvalue weighted by atomic mass is 35.5. The summed E-state index contributed by atoms with van der Waals surface area (Å²) in [6, 6.07) is 5.56. The lowest BCUT2D eigenvalue weighted by atomic mass is 10.2. The van der Waals surface area contributed by atoms with Crippen LogP contribution >= 0.6 is 34.7 Å². The fourth-order valence-electron chi connectivity index (χ4n) is 1.20. The Morgan fingerprint density at radius 1 is 1.50 bits per heavy atom. The quantitative estimate of drug-likeness (QED) is 0.923. The van der Waals surface area contributed by atoms with Crippen molar-refractivity contribution in [3.63, 3.8) is 0 Å². The molecule has 0 fully saturated rings. The van der Waals surface area contributed by atoms with Gasteiger partial charge in [-0.05, 0) is 24.6 Å². The maximum Gasteiger partial charge on any atom is 0.154 e. The normalized spacial score (nSPS) is 10.7. The summed E-state index contributed by atoms with van der Waals surface area (Å²) in [4.78, 5) is 5.33. The predicted molar refractivity (Wildman–Crippen MR) is 68.3 cm³/mol. The lowest BCUT2D eigenvalue weighted by Gasteiger charge is -2.03. The number of hydrogen-bond acceptors (Lipinski definition) is 4. The second kappa shape index (κ2) is 5.19. The molecule has 16 heavy (non-hydrogen) atoms. The van der Waals surface area contributed by atoms with Crippen LogP contribution in [0.3, 0.4) is 0 Å². The summed E-state index contributed by atoms with van der Waals surface area (Å²) < 4.78 is 0.983. The largest absolute Gasteiger partial charge is 0.392 e. The highest BCUT2D eigenvalue weighted by Gasteiger charge is 2.06. The third-order valence-corrected chi connectivity index (χ3v) is 4.53. The van der Waals surface area contributed by atoms with E-state index in [-0.39, 0.29) is 6.61 Å². The molecule has 0 spiro atoms. The Morgan fingerprint density at radius 3 is 2.88 bits per heavy atom. The van der Waals surface area contributed by atoms with Gasteiger partial charge in [0, 0.05) is 16.0 Å². The van der Waals surface area contributed by atoms with Gasteiger partial charge in [0.05, 0.1) is 11.6 Å². The average molecular weight is 272 g/mol. The lowest BCUT2D eigenvalue weighted by molar-refractivity contribution is 0.282. The number of benzene rings is 1. The molecular weight excluding hydrogens is 262 g/mol. The summed E-state index contributed by atoms with van der Waals surface area (Å²) >= 11 is 9.26. The highest BCUT2D eigenvalue weighted by molar-refractivity contribution is 8.01. The monoisotopic (exact) mass is 271 g/mol. The molecule has 5 heteroatoms. The van der Waals surface area contributed by atoms with Gasteiger partial charge in [0.25, 0.3) is 0 Å². The van der Waals surface area contributed by atoms with Gasteiger partial charge in [-0.25, -0.2) is 4.98 Å². The molecule has 0 aliphatic heterocycles. The van der Waals surface area contributed by atoms with Crippen LogP contribution in [0.4, 0.5) is 0 Å².